The molecule has 0 fully saturated rings. The molecule has 28 heavy (non-hydrogen) atoms. The fourth-order valence-corrected chi connectivity index (χ4v) is 2.06. The van der Waals surface area contributed by atoms with Crippen LogP contribution in [0, 0.1) is 0 Å². The van der Waals surface area contributed by atoms with Crippen molar-refractivity contribution in [3.8, 4) is 0 Å². The van der Waals surface area contributed by atoms with Crippen molar-refractivity contribution >= 4 is 23.9 Å². The van der Waals surface area contributed by atoms with E-state index in [0.29, 0.717) is 0 Å². The quantitative estimate of drug-likeness (QED) is 0.504. The molecule has 0 saturated heterocycles. The molecule has 0 heterocycles. The van der Waals surface area contributed by atoms with Gasteiger partial charge in [-0.2, -0.15) is 0 Å². The van der Waals surface area contributed by atoms with Gasteiger partial charge in [-0.3, -0.25) is 9.59 Å². The third-order valence-electron chi connectivity index (χ3n) is 3.22. The lowest BCUT2D eigenvalue weighted by Gasteiger charge is -2.22. The highest BCUT2D eigenvalue weighted by Crippen LogP contribution is 2.10. The highest BCUT2D eigenvalue weighted by atomic mass is 16.6. The molecule has 154 valence electrons. The van der Waals surface area contributed by atoms with Gasteiger partial charge in [0.2, 0.25) is 5.91 Å². The Balaban J connectivity index is 2.46. The standard InChI is InChI=1S/C19H26N2O7/c1-19(2,3)28-16(23)10-14(17(24)26-4)21-15(22)11-20-18(25)27-12-13-8-6-5-7-9-13/h5-9,14H,10-12H2,1-4H3,(H,20,25)(H,21,22)/t14-/m0/s1. The van der Waals surface area contributed by atoms with Crippen LogP contribution < -0.4 is 10.6 Å². The predicted octanol–water partition coefficient (Wildman–Crippen LogP) is 1.30. The number of esters is 2. The van der Waals surface area contributed by atoms with E-state index in [2.05, 4.69) is 15.4 Å². The normalized spacial score (nSPS) is 11.7. The number of ether oxygens (including phenoxy) is 3. The first kappa shape index (κ1) is 22.9. The predicted molar refractivity (Wildman–Crippen MR) is 99.0 cm³/mol. The van der Waals surface area contributed by atoms with Gasteiger partial charge in [-0.15, -0.1) is 0 Å². The number of methoxy groups -OCH3 is 1. The molecule has 1 aromatic rings. The lowest BCUT2D eigenvalue weighted by atomic mass is 10.1. The number of nitrogens with one attached hydrogen (secondary N) is 2. The minimum atomic E-state index is -1.23. The molecule has 0 aliphatic carbocycles. The summed E-state index contributed by atoms with van der Waals surface area (Å²) in [5.41, 5.74) is 0.0662. The van der Waals surface area contributed by atoms with Crippen LogP contribution in [0.15, 0.2) is 30.3 Å². The number of alkyl carbamates (subject to hydrolysis) is 1. The Morgan fingerprint density at radius 2 is 1.71 bits per heavy atom. The Labute approximate surface area is 163 Å². The number of carbonyl (C=O) groups is 4. The molecule has 1 rings (SSSR count). The summed E-state index contributed by atoms with van der Waals surface area (Å²) < 4.78 is 14.7. The smallest absolute Gasteiger partial charge is 0.407 e. The van der Waals surface area contributed by atoms with E-state index in [4.69, 9.17) is 9.47 Å². The van der Waals surface area contributed by atoms with Crippen LogP contribution >= 0.6 is 0 Å². The molecular weight excluding hydrogens is 368 g/mol. The molecule has 2 amide bonds. The van der Waals surface area contributed by atoms with E-state index >= 15 is 0 Å². The Kier molecular flexibility index (Phi) is 8.94. The molecule has 0 spiro atoms. The molecule has 0 aliphatic heterocycles. The van der Waals surface area contributed by atoms with Crippen LogP contribution in [0.1, 0.15) is 32.8 Å². The third kappa shape index (κ3) is 9.56. The summed E-state index contributed by atoms with van der Waals surface area (Å²) >= 11 is 0. The number of amides is 2. The lowest BCUT2D eigenvalue weighted by Crippen LogP contribution is -2.47. The molecule has 1 aromatic carbocycles. The van der Waals surface area contributed by atoms with Gasteiger partial charge in [-0.25, -0.2) is 9.59 Å². The molecular formula is C19H26N2O7. The van der Waals surface area contributed by atoms with Crippen LogP contribution in [0.25, 0.3) is 0 Å². The molecule has 9 heteroatoms. The molecule has 0 saturated carbocycles. The van der Waals surface area contributed by atoms with Gasteiger partial charge in [-0.05, 0) is 26.3 Å². The van der Waals surface area contributed by atoms with E-state index in [0.717, 1.165) is 12.7 Å². The highest BCUT2D eigenvalue weighted by Gasteiger charge is 2.27. The van der Waals surface area contributed by atoms with Crippen LogP contribution in [0.4, 0.5) is 4.79 Å². The van der Waals surface area contributed by atoms with Crippen LogP contribution in [0.2, 0.25) is 0 Å². The highest BCUT2D eigenvalue weighted by molar-refractivity contribution is 5.89. The number of benzene rings is 1. The van der Waals surface area contributed by atoms with E-state index in [9.17, 15) is 19.2 Å². The third-order valence-corrected chi connectivity index (χ3v) is 3.22. The van der Waals surface area contributed by atoms with Crippen molar-refractivity contribution in [2.75, 3.05) is 13.7 Å². The van der Waals surface area contributed by atoms with E-state index in [1.807, 2.05) is 18.2 Å². The molecule has 0 aliphatic rings. The first-order valence-corrected chi connectivity index (χ1v) is 8.64. The van der Waals surface area contributed by atoms with Gasteiger partial charge >= 0.3 is 18.0 Å². The van der Waals surface area contributed by atoms with Crippen molar-refractivity contribution in [2.24, 2.45) is 0 Å². The SMILES string of the molecule is COC(=O)[C@H](CC(=O)OC(C)(C)C)NC(=O)CNC(=O)OCc1ccccc1. The van der Waals surface area contributed by atoms with Crippen LogP contribution in [-0.2, 0) is 35.2 Å². The van der Waals surface area contributed by atoms with Gasteiger partial charge in [0.25, 0.3) is 0 Å². The second-order valence-electron chi connectivity index (χ2n) is 6.85. The van der Waals surface area contributed by atoms with Gasteiger partial charge < -0.3 is 24.8 Å². The molecule has 1 atom stereocenters. The monoisotopic (exact) mass is 394 g/mol. The zero-order valence-electron chi connectivity index (χ0n) is 16.4. The molecule has 0 unspecified atom stereocenters. The van der Waals surface area contributed by atoms with Crippen molar-refractivity contribution in [1.29, 1.82) is 0 Å². The average molecular weight is 394 g/mol. The fourth-order valence-electron chi connectivity index (χ4n) is 2.06. The topological polar surface area (TPSA) is 120 Å². The van der Waals surface area contributed by atoms with E-state index < -0.39 is 48.5 Å². The Morgan fingerprint density at radius 1 is 1.07 bits per heavy atom. The minimum Gasteiger partial charge on any atom is -0.467 e. The van der Waals surface area contributed by atoms with Crippen molar-refractivity contribution < 1.29 is 33.4 Å². The first-order chi connectivity index (χ1) is 13.1. The van der Waals surface area contributed by atoms with Gasteiger partial charge in [0, 0.05) is 0 Å². The van der Waals surface area contributed by atoms with Gasteiger partial charge in [0.1, 0.15) is 24.8 Å². The number of rotatable bonds is 8. The van der Waals surface area contributed by atoms with E-state index in [1.54, 1.807) is 32.9 Å². The molecule has 2 N–H and O–H groups in total. The lowest BCUT2D eigenvalue weighted by molar-refractivity contribution is -0.159. The van der Waals surface area contributed by atoms with Gasteiger partial charge in [0.05, 0.1) is 13.5 Å². The summed E-state index contributed by atoms with van der Waals surface area (Å²) in [5.74, 6) is -2.15. The van der Waals surface area contributed by atoms with Crippen molar-refractivity contribution in [1.82, 2.24) is 10.6 Å². The summed E-state index contributed by atoms with van der Waals surface area (Å²) in [7, 11) is 1.13. The molecule has 0 bridgehead atoms. The fraction of sp³-hybridized carbons (Fsp3) is 0.474. The number of carbonyl (C=O) groups excluding carboxylic acids is 4. The summed E-state index contributed by atoms with van der Waals surface area (Å²) in [6.07, 6.45) is -1.19. The second kappa shape index (κ2) is 10.9. The van der Waals surface area contributed by atoms with Crippen molar-refractivity contribution in [3.63, 3.8) is 0 Å². The minimum absolute atomic E-state index is 0.0533. The molecule has 0 aromatic heterocycles. The second-order valence-corrected chi connectivity index (χ2v) is 6.85. The summed E-state index contributed by atoms with van der Waals surface area (Å²) in [4.78, 5) is 47.3. The Morgan fingerprint density at radius 3 is 2.29 bits per heavy atom. The Hall–Kier alpha value is -3.10. The van der Waals surface area contributed by atoms with E-state index in [1.165, 1.54) is 0 Å². The first-order valence-electron chi connectivity index (χ1n) is 8.64. The maximum absolute atomic E-state index is 12.0. The largest absolute Gasteiger partial charge is 0.467 e. The molecule has 9 nitrogen and oxygen atoms in total. The summed E-state index contributed by atoms with van der Waals surface area (Å²) in [6, 6.07) is 7.80. The summed E-state index contributed by atoms with van der Waals surface area (Å²) in [5, 5.41) is 4.59. The zero-order chi connectivity index (χ0) is 21.2. The maximum Gasteiger partial charge on any atom is 0.407 e. The van der Waals surface area contributed by atoms with Gasteiger partial charge in [0.15, 0.2) is 0 Å². The number of hydrogen-bond acceptors (Lipinski definition) is 7. The Bertz CT molecular complexity index is 683. The number of hydrogen-bond donors (Lipinski definition) is 2. The van der Waals surface area contributed by atoms with Crippen molar-refractivity contribution in [2.45, 2.75) is 45.4 Å². The maximum atomic E-state index is 12.0. The van der Waals surface area contributed by atoms with Gasteiger partial charge in [-0.1, -0.05) is 30.3 Å². The van der Waals surface area contributed by atoms with Crippen molar-refractivity contribution in [3.05, 3.63) is 35.9 Å². The summed E-state index contributed by atoms with van der Waals surface area (Å²) in [6.45, 7) is 4.66. The molecule has 0 radical (unpaired) electrons. The average Bonchev–Trinajstić information content (AvgIpc) is 2.62. The van der Waals surface area contributed by atoms with E-state index in [-0.39, 0.29) is 6.61 Å². The van der Waals surface area contributed by atoms with Crippen LogP contribution in [0.3, 0.4) is 0 Å². The van der Waals surface area contributed by atoms with Crippen LogP contribution in [0.5, 0.6) is 0 Å². The van der Waals surface area contributed by atoms with Crippen LogP contribution in [-0.4, -0.2) is 49.2 Å². The zero-order valence-corrected chi connectivity index (χ0v) is 16.4.